The lowest BCUT2D eigenvalue weighted by molar-refractivity contribution is -0.120. The van der Waals surface area contributed by atoms with E-state index in [1.165, 1.54) is 30.4 Å². The molecule has 0 atom stereocenters. The molecule has 104 valence electrons. The van der Waals surface area contributed by atoms with Gasteiger partial charge < -0.3 is 15.8 Å². The first-order chi connectivity index (χ1) is 9.29. The van der Waals surface area contributed by atoms with E-state index in [0.29, 0.717) is 26.1 Å². The molecule has 0 bridgehead atoms. The number of hydrogen-bond donors (Lipinski definition) is 2. The molecule has 0 saturated heterocycles. The number of aryl methyl sites for hydroxylation is 2. The Labute approximate surface area is 114 Å². The van der Waals surface area contributed by atoms with Crippen molar-refractivity contribution in [2.45, 2.75) is 32.1 Å². The number of rotatable bonds is 6. The molecule has 4 heteroatoms. The molecule has 1 aromatic rings. The molecule has 0 spiro atoms. The van der Waals surface area contributed by atoms with Crippen LogP contribution in [0.1, 0.15) is 30.4 Å². The Morgan fingerprint density at radius 1 is 1.26 bits per heavy atom. The lowest BCUT2D eigenvalue weighted by atomic mass is 9.92. The Morgan fingerprint density at radius 3 is 2.84 bits per heavy atom. The molecule has 3 N–H and O–H groups in total. The van der Waals surface area contributed by atoms with Gasteiger partial charge in [0.2, 0.25) is 5.91 Å². The van der Waals surface area contributed by atoms with Crippen molar-refractivity contribution >= 4 is 5.91 Å². The van der Waals surface area contributed by atoms with Crippen LogP contribution in [-0.2, 0) is 17.6 Å². The summed E-state index contributed by atoms with van der Waals surface area (Å²) in [6.07, 6.45) is 5.27. The zero-order valence-corrected chi connectivity index (χ0v) is 11.3. The van der Waals surface area contributed by atoms with Crippen LogP contribution in [0.15, 0.2) is 18.2 Å². The predicted molar refractivity (Wildman–Crippen MR) is 75.3 cm³/mol. The quantitative estimate of drug-likeness (QED) is 0.762. The van der Waals surface area contributed by atoms with E-state index in [-0.39, 0.29) is 5.91 Å². The van der Waals surface area contributed by atoms with Gasteiger partial charge in [-0.05, 0) is 48.9 Å². The molecule has 1 aliphatic rings. The summed E-state index contributed by atoms with van der Waals surface area (Å²) < 4.78 is 5.65. The highest BCUT2D eigenvalue weighted by atomic mass is 16.5. The van der Waals surface area contributed by atoms with Gasteiger partial charge in [-0.15, -0.1) is 0 Å². The largest absolute Gasteiger partial charge is 0.492 e. The summed E-state index contributed by atoms with van der Waals surface area (Å²) in [5, 5.41) is 2.77. The minimum Gasteiger partial charge on any atom is -0.492 e. The lowest BCUT2D eigenvalue weighted by Gasteiger charge is -2.16. The van der Waals surface area contributed by atoms with E-state index >= 15 is 0 Å². The van der Waals surface area contributed by atoms with Crippen LogP contribution in [0, 0.1) is 0 Å². The van der Waals surface area contributed by atoms with Gasteiger partial charge in [-0.2, -0.15) is 0 Å². The lowest BCUT2D eigenvalue weighted by Crippen LogP contribution is -2.29. The molecular weight excluding hydrogens is 240 g/mol. The third-order valence-corrected chi connectivity index (χ3v) is 3.38. The van der Waals surface area contributed by atoms with Crippen LogP contribution in [0.4, 0.5) is 0 Å². The Bertz CT molecular complexity index is 432. The maximum Gasteiger partial charge on any atom is 0.221 e. The number of nitrogens with two attached hydrogens (primary N) is 1. The molecule has 0 heterocycles. The fourth-order valence-electron chi connectivity index (χ4n) is 2.38. The van der Waals surface area contributed by atoms with Crippen molar-refractivity contribution in [3.63, 3.8) is 0 Å². The third-order valence-electron chi connectivity index (χ3n) is 3.38. The highest BCUT2D eigenvalue weighted by Crippen LogP contribution is 2.25. The summed E-state index contributed by atoms with van der Waals surface area (Å²) in [7, 11) is 0. The van der Waals surface area contributed by atoms with Gasteiger partial charge >= 0.3 is 0 Å². The van der Waals surface area contributed by atoms with E-state index < -0.39 is 0 Å². The van der Waals surface area contributed by atoms with E-state index in [1.54, 1.807) is 0 Å². The highest BCUT2D eigenvalue weighted by Gasteiger charge is 2.09. The summed E-state index contributed by atoms with van der Waals surface area (Å²) in [6.45, 7) is 1.41. The molecule has 0 saturated carbocycles. The van der Waals surface area contributed by atoms with E-state index in [9.17, 15) is 4.79 Å². The van der Waals surface area contributed by atoms with Gasteiger partial charge in [-0.3, -0.25) is 4.79 Å². The van der Waals surface area contributed by atoms with Crippen molar-refractivity contribution in [2.75, 3.05) is 19.7 Å². The van der Waals surface area contributed by atoms with Crippen molar-refractivity contribution in [1.29, 1.82) is 0 Å². The smallest absolute Gasteiger partial charge is 0.221 e. The minimum atomic E-state index is -0.0171. The number of benzene rings is 1. The number of fused-ring (bicyclic) bond motifs is 1. The maximum absolute atomic E-state index is 11.2. The van der Waals surface area contributed by atoms with Crippen LogP contribution >= 0.6 is 0 Å². The van der Waals surface area contributed by atoms with E-state index in [2.05, 4.69) is 17.4 Å². The average Bonchev–Trinajstić information content (AvgIpc) is 2.44. The first-order valence-electron chi connectivity index (χ1n) is 7.01. The fraction of sp³-hybridized carbons (Fsp3) is 0.533. The zero-order valence-electron chi connectivity index (χ0n) is 11.3. The van der Waals surface area contributed by atoms with Gasteiger partial charge in [0.1, 0.15) is 12.4 Å². The predicted octanol–water partition coefficient (Wildman–Crippen LogP) is 1.41. The van der Waals surface area contributed by atoms with Crippen LogP contribution in [0.2, 0.25) is 0 Å². The Kier molecular flexibility index (Phi) is 5.21. The first kappa shape index (κ1) is 13.9. The van der Waals surface area contributed by atoms with Crippen molar-refractivity contribution in [3.05, 3.63) is 29.3 Å². The second-order valence-electron chi connectivity index (χ2n) is 4.87. The summed E-state index contributed by atoms with van der Waals surface area (Å²) in [5.41, 5.74) is 8.16. The van der Waals surface area contributed by atoms with Gasteiger partial charge in [0.05, 0.1) is 6.54 Å². The molecular formula is C15H22N2O2. The molecule has 0 fully saturated rings. The number of nitrogens with one attached hydrogen (secondary N) is 1. The summed E-state index contributed by atoms with van der Waals surface area (Å²) in [4.78, 5) is 11.2. The topological polar surface area (TPSA) is 64.4 Å². The second kappa shape index (κ2) is 7.14. The van der Waals surface area contributed by atoms with Gasteiger partial charge in [0, 0.05) is 13.0 Å². The molecule has 1 aliphatic carbocycles. The molecule has 0 aromatic heterocycles. The van der Waals surface area contributed by atoms with Crippen molar-refractivity contribution < 1.29 is 9.53 Å². The zero-order chi connectivity index (χ0) is 13.5. The Hall–Kier alpha value is -1.55. The van der Waals surface area contributed by atoms with E-state index in [1.807, 2.05) is 6.07 Å². The van der Waals surface area contributed by atoms with Crippen LogP contribution < -0.4 is 15.8 Å². The fourth-order valence-corrected chi connectivity index (χ4v) is 2.38. The van der Waals surface area contributed by atoms with Crippen LogP contribution in [0.5, 0.6) is 5.75 Å². The molecule has 0 aliphatic heterocycles. The van der Waals surface area contributed by atoms with Crippen LogP contribution in [0.3, 0.4) is 0 Å². The maximum atomic E-state index is 11.2. The molecule has 1 amide bonds. The number of amides is 1. The summed E-state index contributed by atoms with van der Waals surface area (Å²) >= 11 is 0. The van der Waals surface area contributed by atoms with Gasteiger partial charge in [-0.25, -0.2) is 0 Å². The van der Waals surface area contributed by atoms with Crippen molar-refractivity contribution in [3.8, 4) is 5.75 Å². The number of carbonyl (C=O) groups is 1. The van der Waals surface area contributed by atoms with E-state index in [0.717, 1.165) is 12.2 Å². The second-order valence-corrected chi connectivity index (χ2v) is 4.87. The summed E-state index contributed by atoms with van der Waals surface area (Å²) in [5.74, 6) is 0.880. The number of carbonyl (C=O) groups excluding carboxylic acids is 1. The van der Waals surface area contributed by atoms with Gasteiger partial charge in [0.15, 0.2) is 0 Å². The standard InChI is InChI=1S/C15H22N2O2/c16-8-7-15(18)17-9-10-19-14-6-5-12-3-1-2-4-13(12)11-14/h5-6,11H,1-4,7-10,16H2,(H,17,18). The molecule has 0 radical (unpaired) electrons. The van der Waals surface area contributed by atoms with Gasteiger partial charge in [0.25, 0.3) is 0 Å². The first-order valence-corrected chi connectivity index (χ1v) is 7.01. The van der Waals surface area contributed by atoms with Gasteiger partial charge in [-0.1, -0.05) is 6.07 Å². The van der Waals surface area contributed by atoms with E-state index in [4.69, 9.17) is 10.5 Å². The highest BCUT2D eigenvalue weighted by molar-refractivity contribution is 5.75. The van der Waals surface area contributed by atoms with Crippen molar-refractivity contribution in [2.24, 2.45) is 5.73 Å². The Morgan fingerprint density at radius 2 is 2.05 bits per heavy atom. The van der Waals surface area contributed by atoms with Crippen molar-refractivity contribution in [1.82, 2.24) is 5.32 Å². The average molecular weight is 262 g/mol. The van der Waals surface area contributed by atoms with Crippen LogP contribution in [-0.4, -0.2) is 25.6 Å². The monoisotopic (exact) mass is 262 g/mol. The Balaban J connectivity index is 1.75. The molecule has 2 rings (SSSR count). The van der Waals surface area contributed by atoms with Crippen LogP contribution in [0.25, 0.3) is 0 Å². The number of hydrogen-bond acceptors (Lipinski definition) is 3. The molecule has 0 unspecified atom stereocenters. The third kappa shape index (κ3) is 4.24. The molecule has 1 aromatic carbocycles. The SMILES string of the molecule is NCCC(=O)NCCOc1ccc2c(c1)CCCC2. The number of ether oxygens (including phenoxy) is 1. The normalized spacial score (nSPS) is 13.7. The molecule has 4 nitrogen and oxygen atoms in total. The minimum absolute atomic E-state index is 0.0171. The summed E-state index contributed by atoms with van der Waals surface area (Å²) in [6, 6.07) is 6.32. The molecule has 19 heavy (non-hydrogen) atoms.